The van der Waals surface area contributed by atoms with E-state index in [4.69, 9.17) is 4.74 Å². The zero-order valence-electron chi connectivity index (χ0n) is 6.19. The Bertz CT molecular complexity index is 245. The van der Waals surface area contributed by atoms with E-state index in [0.717, 1.165) is 0 Å². The van der Waals surface area contributed by atoms with Gasteiger partial charge in [-0.1, -0.05) is 15.9 Å². The van der Waals surface area contributed by atoms with Crippen molar-refractivity contribution in [3.05, 3.63) is 28.5 Å². The summed E-state index contributed by atoms with van der Waals surface area (Å²) in [5, 5.41) is 0. The summed E-state index contributed by atoms with van der Waals surface area (Å²) in [6.07, 6.45) is 0. The van der Waals surface area contributed by atoms with E-state index in [1.807, 2.05) is 0 Å². The van der Waals surface area contributed by atoms with Gasteiger partial charge in [0.2, 0.25) is 0 Å². The van der Waals surface area contributed by atoms with Gasteiger partial charge in [-0.15, -0.1) is 0 Å². The maximum atomic E-state index is 12.7. The fourth-order valence-electron chi connectivity index (χ4n) is 0.768. The molecule has 66 valence electrons. The third-order valence-corrected chi connectivity index (χ3v) is 1.64. The fourth-order valence-corrected chi connectivity index (χ4v) is 1.21. The third kappa shape index (κ3) is 2.77. The first-order valence-corrected chi connectivity index (χ1v) is 4.16. The second-order valence-electron chi connectivity index (χ2n) is 2.14. The Morgan fingerprint density at radius 3 is 2.67 bits per heavy atom. The molecule has 0 aliphatic carbocycles. The van der Waals surface area contributed by atoms with Crippen LogP contribution in [0.25, 0.3) is 0 Å². The average molecular weight is 237 g/mol. The van der Waals surface area contributed by atoms with Crippen molar-refractivity contribution >= 4 is 15.9 Å². The lowest BCUT2D eigenvalue weighted by molar-refractivity contribution is 0.272. The van der Waals surface area contributed by atoms with Crippen LogP contribution in [0, 0.1) is 5.82 Å². The summed E-state index contributed by atoms with van der Waals surface area (Å²) in [6.45, 7) is -0.621. The van der Waals surface area contributed by atoms with Crippen molar-refractivity contribution in [2.45, 2.75) is 0 Å². The van der Waals surface area contributed by atoms with Crippen LogP contribution >= 0.6 is 15.9 Å². The van der Waals surface area contributed by atoms with E-state index in [0.29, 0.717) is 10.2 Å². The number of hydrogen-bond acceptors (Lipinski definition) is 1. The highest BCUT2D eigenvalue weighted by Crippen LogP contribution is 2.20. The summed E-state index contributed by atoms with van der Waals surface area (Å²) in [7, 11) is 0. The van der Waals surface area contributed by atoms with E-state index in [-0.39, 0.29) is 6.61 Å². The minimum absolute atomic E-state index is 0.0457. The lowest BCUT2D eigenvalue weighted by Crippen LogP contribution is -1.98. The Morgan fingerprint density at radius 1 is 1.33 bits per heavy atom. The molecule has 0 amide bonds. The van der Waals surface area contributed by atoms with Gasteiger partial charge in [0, 0.05) is 10.5 Å². The molecule has 1 rings (SSSR count). The van der Waals surface area contributed by atoms with Gasteiger partial charge < -0.3 is 4.74 Å². The van der Waals surface area contributed by atoms with E-state index in [2.05, 4.69) is 15.9 Å². The minimum Gasteiger partial charge on any atom is -0.491 e. The van der Waals surface area contributed by atoms with E-state index in [1.165, 1.54) is 12.1 Å². The smallest absolute Gasteiger partial charge is 0.128 e. The van der Waals surface area contributed by atoms with Crippen LogP contribution in [0.1, 0.15) is 0 Å². The summed E-state index contributed by atoms with van der Waals surface area (Å²) < 4.78 is 29.8. The molecule has 0 spiro atoms. The van der Waals surface area contributed by atoms with Gasteiger partial charge in [0.05, 0.1) is 0 Å². The zero-order chi connectivity index (χ0) is 8.97. The largest absolute Gasteiger partial charge is 0.491 e. The summed E-state index contributed by atoms with van der Waals surface area (Å²) in [4.78, 5) is 0. The SMILES string of the molecule is FCCOc1cc(F)cc(Br)c1. The van der Waals surface area contributed by atoms with Gasteiger partial charge in [-0.2, -0.15) is 0 Å². The van der Waals surface area contributed by atoms with Gasteiger partial charge in [0.25, 0.3) is 0 Å². The highest BCUT2D eigenvalue weighted by atomic mass is 79.9. The normalized spacial score (nSPS) is 9.92. The molecule has 0 radical (unpaired) electrons. The lowest BCUT2D eigenvalue weighted by atomic mass is 10.3. The summed E-state index contributed by atoms with van der Waals surface area (Å²) >= 11 is 3.09. The quantitative estimate of drug-likeness (QED) is 0.785. The number of alkyl halides is 1. The van der Waals surface area contributed by atoms with Crippen molar-refractivity contribution in [2.24, 2.45) is 0 Å². The molecule has 0 saturated carbocycles. The number of benzene rings is 1. The molecule has 1 aromatic carbocycles. The van der Waals surface area contributed by atoms with E-state index >= 15 is 0 Å². The molecule has 0 fully saturated rings. The Labute approximate surface area is 77.5 Å². The summed E-state index contributed by atoms with van der Waals surface area (Å²) in [5.41, 5.74) is 0. The van der Waals surface area contributed by atoms with Gasteiger partial charge in [-0.3, -0.25) is 0 Å². The van der Waals surface area contributed by atoms with Crippen molar-refractivity contribution in [1.82, 2.24) is 0 Å². The van der Waals surface area contributed by atoms with Crippen LogP contribution in [0.3, 0.4) is 0 Å². The fraction of sp³-hybridized carbons (Fsp3) is 0.250. The monoisotopic (exact) mass is 236 g/mol. The molecule has 0 atom stereocenters. The van der Waals surface area contributed by atoms with Crippen LogP contribution in [-0.4, -0.2) is 13.3 Å². The Morgan fingerprint density at radius 2 is 2.08 bits per heavy atom. The molecule has 4 heteroatoms. The molecule has 0 heterocycles. The van der Waals surface area contributed by atoms with Crippen LogP contribution in [-0.2, 0) is 0 Å². The van der Waals surface area contributed by atoms with E-state index in [9.17, 15) is 8.78 Å². The molecule has 1 nitrogen and oxygen atoms in total. The molecular weight excluding hydrogens is 230 g/mol. The topological polar surface area (TPSA) is 9.23 Å². The van der Waals surface area contributed by atoms with Crippen LogP contribution in [0.2, 0.25) is 0 Å². The van der Waals surface area contributed by atoms with Gasteiger partial charge in [0.1, 0.15) is 24.8 Å². The predicted molar refractivity (Wildman–Crippen MR) is 45.6 cm³/mol. The number of ether oxygens (including phenoxy) is 1. The lowest BCUT2D eigenvalue weighted by Gasteiger charge is -2.03. The average Bonchev–Trinajstić information content (AvgIpc) is 1.99. The highest BCUT2D eigenvalue weighted by molar-refractivity contribution is 9.10. The Hall–Kier alpha value is -0.640. The van der Waals surface area contributed by atoms with Crippen LogP contribution in [0.15, 0.2) is 22.7 Å². The molecule has 0 aromatic heterocycles. The van der Waals surface area contributed by atoms with Crippen molar-refractivity contribution in [1.29, 1.82) is 0 Å². The first kappa shape index (κ1) is 9.45. The second kappa shape index (κ2) is 4.40. The van der Waals surface area contributed by atoms with Crippen LogP contribution in [0.4, 0.5) is 8.78 Å². The Kier molecular flexibility index (Phi) is 3.47. The molecule has 0 aliphatic heterocycles. The zero-order valence-corrected chi connectivity index (χ0v) is 7.77. The molecular formula is C8H7BrF2O. The highest BCUT2D eigenvalue weighted by Gasteiger charge is 1.98. The first-order chi connectivity index (χ1) is 5.72. The Balaban J connectivity index is 2.72. The van der Waals surface area contributed by atoms with Crippen molar-refractivity contribution in [2.75, 3.05) is 13.3 Å². The number of hydrogen-bond donors (Lipinski definition) is 0. The van der Waals surface area contributed by atoms with Gasteiger partial charge >= 0.3 is 0 Å². The van der Waals surface area contributed by atoms with E-state index in [1.54, 1.807) is 6.07 Å². The standard InChI is InChI=1S/C8H7BrF2O/c9-6-3-7(11)5-8(4-6)12-2-1-10/h3-5H,1-2H2. The van der Waals surface area contributed by atoms with Crippen molar-refractivity contribution < 1.29 is 13.5 Å². The van der Waals surface area contributed by atoms with Gasteiger partial charge in [0.15, 0.2) is 0 Å². The molecule has 12 heavy (non-hydrogen) atoms. The van der Waals surface area contributed by atoms with Gasteiger partial charge in [-0.25, -0.2) is 8.78 Å². The predicted octanol–water partition coefficient (Wildman–Crippen LogP) is 2.94. The molecule has 1 aromatic rings. The molecule has 0 N–H and O–H groups in total. The third-order valence-electron chi connectivity index (χ3n) is 1.18. The van der Waals surface area contributed by atoms with Gasteiger partial charge in [-0.05, 0) is 12.1 Å². The summed E-state index contributed by atoms with van der Waals surface area (Å²) in [6, 6.07) is 4.10. The number of rotatable bonds is 3. The molecule has 0 unspecified atom stereocenters. The first-order valence-electron chi connectivity index (χ1n) is 3.37. The van der Waals surface area contributed by atoms with E-state index < -0.39 is 12.5 Å². The van der Waals surface area contributed by atoms with Crippen LogP contribution < -0.4 is 4.74 Å². The molecule has 0 saturated heterocycles. The van der Waals surface area contributed by atoms with Crippen molar-refractivity contribution in [3.8, 4) is 5.75 Å². The van der Waals surface area contributed by atoms with Crippen LogP contribution in [0.5, 0.6) is 5.75 Å². The second-order valence-corrected chi connectivity index (χ2v) is 3.06. The number of halogens is 3. The maximum absolute atomic E-state index is 12.7. The molecule has 0 bridgehead atoms. The molecule has 0 aliphatic rings. The maximum Gasteiger partial charge on any atom is 0.128 e. The van der Waals surface area contributed by atoms with Crippen molar-refractivity contribution in [3.63, 3.8) is 0 Å². The minimum atomic E-state index is -0.575. The summed E-state index contributed by atoms with van der Waals surface area (Å²) in [5.74, 6) is -0.0715.